The predicted octanol–water partition coefficient (Wildman–Crippen LogP) is 3.26. The summed E-state index contributed by atoms with van der Waals surface area (Å²) in [5.41, 5.74) is 0.459. The van der Waals surface area contributed by atoms with Gasteiger partial charge in [0.05, 0.1) is 24.1 Å². The van der Waals surface area contributed by atoms with Gasteiger partial charge in [-0.1, -0.05) is 18.5 Å². The third kappa shape index (κ3) is 3.61. The fourth-order valence-corrected chi connectivity index (χ4v) is 4.02. The highest BCUT2D eigenvalue weighted by Crippen LogP contribution is 2.28. The molecule has 0 atom stereocenters. The van der Waals surface area contributed by atoms with Gasteiger partial charge < -0.3 is 4.74 Å². The summed E-state index contributed by atoms with van der Waals surface area (Å²) in [7, 11) is 1.60. The average Bonchev–Trinajstić information content (AvgIpc) is 3.02. The summed E-state index contributed by atoms with van der Waals surface area (Å²) in [5, 5.41) is 1.64. The lowest BCUT2D eigenvalue weighted by molar-refractivity contribution is 0.183. The molecule has 0 N–H and O–H groups in total. The van der Waals surface area contributed by atoms with Crippen molar-refractivity contribution in [2.75, 3.05) is 13.7 Å². The minimum atomic E-state index is -0.114. The van der Waals surface area contributed by atoms with E-state index in [1.165, 1.54) is 23.3 Å². The summed E-state index contributed by atoms with van der Waals surface area (Å²) >= 11 is 8.67. The van der Waals surface area contributed by atoms with E-state index in [1.807, 2.05) is 6.92 Å². The van der Waals surface area contributed by atoms with Gasteiger partial charge in [0, 0.05) is 18.6 Å². The zero-order valence-electron chi connectivity index (χ0n) is 13.2. The normalized spacial score (nSPS) is 11.3. The van der Waals surface area contributed by atoms with Gasteiger partial charge in [-0.05, 0) is 41.5 Å². The minimum absolute atomic E-state index is 0.114. The van der Waals surface area contributed by atoms with Crippen molar-refractivity contribution in [1.29, 1.82) is 0 Å². The Kier molecular flexibility index (Phi) is 5.50. The molecule has 0 unspecified atom stereocenters. The molecule has 0 radical (unpaired) electrons. The van der Waals surface area contributed by atoms with Crippen molar-refractivity contribution in [1.82, 2.24) is 18.9 Å². The Morgan fingerprint density at radius 1 is 1.38 bits per heavy atom. The van der Waals surface area contributed by atoms with Gasteiger partial charge in [-0.2, -0.15) is 4.37 Å². The molecular weight excluding hydrogens is 368 g/mol. The monoisotopic (exact) mass is 382 g/mol. The maximum atomic E-state index is 12.8. The highest BCUT2D eigenvalue weighted by Gasteiger charge is 2.15. The molecule has 24 heavy (non-hydrogen) atoms. The Morgan fingerprint density at radius 3 is 2.92 bits per heavy atom. The van der Waals surface area contributed by atoms with Crippen LogP contribution in [0.3, 0.4) is 0 Å². The van der Waals surface area contributed by atoms with Gasteiger partial charge in [0.15, 0.2) is 9.50 Å². The predicted molar refractivity (Wildman–Crippen MR) is 96.3 cm³/mol. The van der Waals surface area contributed by atoms with Crippen LogP contribution in [0.5, 0.6) is 0 Å². The number of benzene rings is 1. The second kappa shape index (κ2) is 7.60. The van der Waals surface area contributed by atoms with Crippen LogP contribution in [0.15, 0.2) is 32.5 Å². The van der Waals surface area contributed by atoms with Crippen LogP contribution in [0.4, 0.5) is 0 Å². The lowest BCUT2D eigenvalue weighted by Crippen LogP contribution is -2.25. The first-order chi connectivity index (χ1) is 11.6. The fraction of sp³-hybridized carbons (Fsp3) is 0.333. The Labute approximate surface area is 152 Å². The van der Waals surface area contributed by atoms with Gasteiger partial charge in [0.25, 0.3) is 5.56 Å². The molecule has 2 aromatic heterocycles. The lowest BCUT2D eigenvalue weighted by atomic mass is 10.2. The number of hydrogen-bond donors (Lipinski definition) is 0. The molecule has 0 spiro atoms. The molecule has 2 heterocycles. The summed E-state index contributed by atoms with van der Waals surface area (Å²) in [6.45, 7) is 2.84. The molecule has 0 amide bonds. The van der Waals surface area contributed by atoms with Crippen LogP contribution in [0.25, 0.3) is 10.9 Å². The summed E-state index contributed by atoms with van der Waals surface area (Å²) in [6.07, 6.45) is 0.772. The Balaban J connectivity index is 2.10. The van der Waals surface area contributed by atoms with Crippen molar-refractivity contribution in [2.45, 2.75) is 29.4 Å². The van der Waals surface area contributed by atoms with E-state index in [4.69, 9.17) is 16.3 Å². The van der Waals surface area contributed by atoms with E-state index in [0.29, 0.717) is 34.2 Å². The molecule has 9 heteroatoms. The molecule has 0 aliphatic carbocycles. The number of ether oxygens (including phenoxy) is 1. The summed E-state index contributed by atoms with van der Waals surface area (Å²) < 4.78 is 11.8. The number of halogens is 1. The maximum absolute atomic E-state index is 12.8. The van der Waals surface area contributed by atoms with E-state index in [0.717, 1.165) is 16.6 Å². The van der Waals surface area contributed by atoms with Crippen LogP contribution >= 0.6 is 34.9 Å². The molecule has 3 rings (SSSR count). The standard InChI is InChI=1S/C15H15ClN4O2S2/c1-3-12-18-15(24-19-12)23-14-17-11-8-9(16)4-5-10(11)13(21)20(14)6-7-22-2/h4-5,8H,3,6-7H2,1-2H3. The third-order valence-corrected chi connectivity index (χ3v) is 5.36. The highest BCUT2D eigenvalue weighted by atomic mass is 35.5. The van der Waals surface area contributed by atoms with Crippen LogP contribution in [-0.4, -0.2) is 32.6 Å². The van der Waals surface area contributed by atoms with Gasteiger partial charge in [-0.3, -0.25) is 9.36 Å². The molecule has 0 saturated carbocycles. The number of hydrogen-bond acceptors (Lipinski definition) is 7. The van der Waals surface area contributed by atoms with Crippen LogP contribution < -0.4 is 5.56 Å². The number of fused-ring (bicyclic) bond motifs is 1. The molecule has 0 saturated heterocycles. The van der Waals surface area contributed by atoms with Crippen molar-refractivity contribution >= 4 is 45.8 Å². The van der Waals surface area contributed by atoms with Crippen molar-refractivity contribution in [2.24, 2.45) is 0 Å². The quantitative estimate of drug-likeness (QED) is 0.609. The first-order valence-corrected chi connectivity index (χ1v) is 9.28. The molecule has 126 valence electrons. The second-order valence-electron chi connectivity index (χ2n) is 4.94. The zero-order chi connectivity index (χ0) is 17.1. The first-order valence-electron chi connectivity index (χ1n) is 7.32. The van der Waals surface area contributed by atoms with Crippen LogP contribution in [-0.2, 0) is 17.7 Å². The topological polar surface area (TPSA) is 69.9 Å². The van der Waals surface area contributed by atoms with E-state index in [1.54, 1.807) is 29.9 Å². The van der Waals surface area contributed by atoms with Gasteiger partial charge in [0.2, 0.25) is 0 Å². The van der Waals surface area contributed by atoms with Gasteiger partial charge in [0.1, 0.15) is 5.82 Å². The van der Waals surface area contributed by atoms with Crippen LogP contribution in [0.2, 0.25) is 5.02 Å². The maximum Gasteiger partial charge on any atom is 0.262 e. The van der Waals surface area contributed by atoms with E-state index < -0.39 is 0 Å². The number of rotatable bonds is 6. The van der Waals surface area contributed by atoms with E-state index in [2.05, 4.69) is 14.3 Å². The van der Waals surface area contributed by atoms with Crippen molar-refractivity contribution in [3.8, 4) is 0 Å². The van der Waals surface area contributed by atoms with Crippen molar-refractivity contribution in [3.63, 3.8) is 0 Å². The van der Waals surface area contributed by atoms with E-state index in [9.17, 15) is 4.79 Å². The smallest absolute Gasteiger partial charge is 0.262 e. The molecule has 0 bridgehead atoms. The summed E-state index contributed by atoms with van der Waals surface area (Å²) in [6, 6.07) is 5.09. The van der Waals surface area contributed by atoms with Crippen molar-refractivity contribution in [3.05, 3.63) is 39.4 Å². The van der Waals surface area contributed by atoms with E-state index in [-0.39, 0.29) is 5.56 Å². The van der Waals surface area contributed by atoms with Crippen LogP contribution in [0, 0.1) is 0 Å². The van der Waals surface area contributed by atoms with Gasteiger partial charge in [-0.15, -0.1) is 0 Å². The summed E-state index contributed by atoms with van der Waals surface area (Å²) in [5.74, 6) is 0.789. The molecule has 3 aromatic rings. The Morgan fingerprint density at radius 2 is 2.21 bits per heavy atom. The minimum Gasteiger partial charge on any atom is -0.383 e. The second-order valence-corrected chi connectivity index (χ2v) is 7.34. The third-order valence-electron chi connectivity index (χ3n) is 3.35. The zero-order valence-corrected chi connectivity index (χ0v) is 15.5. The van der Waals surface area contributed by atoms with Gasteiger partial charge >= 0.3 is 0 Å². The number of nitrogens with zero attached hydrogens (tertiary/aromatic N) is 4. The molecule has 0 aliphatic rings. The molecule has 0 fully saturated rings. The first kappa shape index (κ1) is 17.3. The number of methoxy groups -OCH3 is 1. The van der Waals surface area contributed by atoms with E-state index >= 15 is 0 Å². The average molecular weight is 383 g/mol. The highest BCUT2D eigenvalue weighted by molar-refractivity contribution is 8.00. The molecular formula is C15H15ClN4O2S2. The number of aromatic nitrogens is 4. The Bertz CT molecular complexity index is 925. The molecule has 6 nitrogen and oxygen atoms in total. The Hall–Kier alpha value is -1.48. The lowest BCUT2D eigenvalue weighted by Gasteiger charge is -2.11. The molecule has 0 aliphatic heterocycles. The summed E-state index contributed by atoms with van der Waals surface area (Å²) in [4.78, 5) is 21.8. The van der Waals surface area contributed by atoms with Gasteiger partial charge in [-0.25, -0.2) is 9.97 Å². The van der Waals surface area contributed by atoms with Crippen LogP contribution in [0.1, 0.15) is 12.7 Å². The SMILES string of the molecule is CCc1nsc(Sc2nc3cc(Cl)ccc3c(=O)n2CCOC)n1. The largest absolute Gasteiger partial charge is 0.383 e. The fourth-order valence-electron chi connectivity index (χ4n) is 2.13. The molecule has 1 aromatic carbocycles. The van der Waals surface area contributed by atoms with Crippen molar-refractivity contribution < 1.29 is 4.74 Å². The number of aryl methyl sites for hydroxylation is 1.